The summed E-state index contributed by atoms with van der Waals surface area (Å²) in [7, 11) is 0. The summed E-state index contributed by atoms with van der Waals surface area (Å²) in [6, 6.07) is 1.85. The van der Waals surface area contributed by atoms with Crippen LogP contribution in [0.5, 0.6) is 0 Å². The van der Waals surface area contributed by atoms with Gasteiger partial charge in [0.25, 0.3) is 0 Å². The highest BCUT2D eigenvalue weighted by Gasteiger charge is 2.22. The number of rotatable bonds is 3. The molecule has 1 aliphatic heterocycles. The molecule has 100 valence electrons. The van der Waals surface area contributed by atoms with Crippen LogP contribution < -0.4 is 11.3 Å². The van der Waals surface area contributed by atoms with Crippen LogP contribution in [0.1, 0.15) is 25.4 Å². The zero-order valence-corrected chi connectivity index (χ0v) is 12.0. The molecule has 0 spiro atoms. The fourth-order valence-corrected chi connectivity index (χ4v) is 3.78. The fourth-order valence-electron chi connectivity index (χ4n) is 2.39. The molecule has 2 heterocycles. The van der Waals surface area contributed by atoms with Gasteiger partial charge in [0.2, 0.25) is 0 Å². The molecule has 3 N–H and O–H groups in total. The minimum Gasteiger partial charge on any atom is -0.308 e. The van der Waals surface area contributed by atoms with Crippen LogP contribution in [0.25, 0.3) is 0 Å². The Hall–Kier alpha value is -0.850. The topological polar surface area (TPSA) is 67.1 Å². The number of nitrogens with zero attached hydrogens (tertiary/aromatic N) is 3. The van der Waals surface area contributed by atoms with Crippen LogP contribution in [0.4, 0.5) is 5.82 Å². The van der Waals surface area contributed by atoms with Crippen LogP contribution in [0, 0.1) is 6.92 Å². The summed E-state index contributed by atoms with van der Waals surface area (Å²) in [5.41, 5.74) is 3.53. The Balaban J connectivity index is 2.06. The first-order valence-electron chi connectivity index (χ1n) is 6.26. The van der Waals surface area contributed by atoms with Crippen molar-refractivity contribution in [3.8, 4) is 0 Å². The number of nitrogen functional groups attached to an aromatic ring is 1. The van der Waals surface area contributed by atoms with Crippen LogP contribution in [0.15, 0.2) is 6.07 Å². The Morgan fingerprint density at radius 3 is 2.67 bits per heavy atom. The van der Waals surface area contributed by atoms with Gasteiger partial charge in [0.1, 0.15) is 11.6 Å². The maximum absolute atomic E-state index is 5.41. The number of aryl methyl sites for hydroxylation is 1. The third-order valence-electron chi connectivity index (χ3n) is 2.91. The Kier molecular flexibility index (Phi) is 4.42. The van der Waals surface area contributed by atoms with Crippen LogP contribution in [0.2, 0.25) is 0 Å². The molecule has 2 atom stereocenters. The van der Waals surface area contributed by atoms with Crippen LogP contribution in [-0.4, -0.2) is 38.5 Å². The van der Waals surface area contributed by atoms with Crippen LogP contribution >= 0.6 is 11.8 Å². The SMILES string of the molecule is Cc1cc(NN)nc(CN2CC(C)SC(C)C2)n1. The lowest BCUT2D eigenvalue weighted by Crippen LogP contribution is -2.40. The van der Waals surface area contributed by atoms with Gasteiger partial charge in [-0.05, 0) is 6.92 Å². The maximum atomic E-state index is 5.41. The van der Waals surface area contributed by atoms with Crippen molar-refractivity contribution in [2.75, 3.05) is 18.5 Å². The van der Waals surface area contributed by atoms with Crippen molar-refractivity contribution in [2.24, 2.45) is 5.84 Å². The van der Waals surface area contributed by atoms with Crippen molar-refractivity contribution in [1.82, 2.24) is 14.9 Å². The highest BCUT2D eigenvalue weighted by molar-refractivity contribution is 8.00. The monoisotopic (exact) mass is 267 g/mol. The highest BCUT2D eigenvalue weighted by Crippen LogP contribution is 2.25. The van der Waals surface area contributed by atoms with Gasteiger partial charge in [-0.1, -0.05) is 13.8 Å². The molecule has 1 aromatic rings. The number of anilines is 1. The Morgan fingerprint density at radius 1 is 1.39 bits per heavy atom. The molecule has 0 bridgehead atoms. The standard InChI is InChI=1S/C12H21N5S/c1-8-4-11(16-13)15-12(14-8)7-17-5-9(2)18-10(3)6-17/h4,9-10H,5-7,13H2,1-3H3,(H,14,15,16). The lowest BCUT2D eigenvalue weighted by molar-refractivity contribution is 0.256. The number of thioether (sulfide) groups is 1. The molecule has 1 aliphatic rings. The normalized spacial score (nSPS) is 25.1. The van der Waals surface area contributed by atoms with Gasteiger partial charge in [-0.25, -0.2) is 15.8 Å². The minimum absolute atomic E-state index is 0.672. The van der Waals surface area contributed by atoms with E-state index in [1.54, 1.807) is 0 Å². The van der Waals surface area contributed by atoms with Crippen molar-refractivity contribution in [2.45, 2.75) is 37.8 Å². The number of aromatic nitrogens is 2. The van der Waals surface area contributed by atoms with E-state index in [1.165, 1.54) is 0 Å². The van der Waals surface area contributed by atoms with E-state index in [-0.39, 0.29) is 0 Å². The molecular formula is C12H21N5S. The number of nitrogens with two attached hydrogens (primary N) is 1. The van der Waals surface area contributed by atoms with Crippen LogP contribution in [-0.2, 0) is 6.54 Å². The van der Waals surface area contributed by atoms with Gasteiger partial charge < -0.3 is 5.43 Å². The molecule has 18 heavy (non-hydrogen) atoms. The van der Waals surface area contributed by atoms with E-state index < -0.39 is 0 Å². The van der Waals surface area contributed by atoms with E-state index in [0.717, 1.165) is 31.2 Å². The molecule has 1 saturated heterocycles. The Bertz CT molecular complexity index is 401. The molecule has 0 amide bonds. The molecule has 2 unspecified atom stereocenters. The second-order valence-electron chi connectivity index (χ2n) is 4.91. The Labute approximate surface area is 113 Å². The van der Waals surface area contributed by atoms with Crippen molar-refractivity contribution < 1.29 is 0 Å². The van der Waals surface area contributed by atoms with E-state index in [4.69, 9.17) is 5.84 Å². The predicted octanol–water partition coefficient (Wildman–Crippen LogP) is 1.40. The predicted molar refractivity (Wildman–Crippen MR) is 76.4 cm³/mol. The van der Waals surface area contributed by atoms with Crippen molar-refractivity contribution >= 4 is 17.6 Å². The summed E-state index contributed by atoms with van der Waals surface area (Å²) in [5.74, 6) is 6.93. The maximum Gasteiger partial charge on any atom is 0.145 e. The summed E-state index contributed by atoms with van der Waals surface area (Å²) in [5, 5.41) is 1.34. The molecule has 1 fully saturated rings. The van der Waals surface area contributed by atoms with E-state index >= 15 is 0 Å². The second-order valence-corrected chi connectivity index (χ2v) is 6.79. The molecule has 2 rings (SSSR count). The Morgan fingerprint density at radius 2 is 2.06 bits per heavy atom. The number of nitrogens with one attached hydrogen (secondary N) is 1. The zero-order valence-electron chi connectivity index (χ0n) is 11.2. The fraction of sp³-hybridized carbons (Fsp3) is 0.667. The summed E-state index contributed by atoms with van der Waals surface area (Å²) < 4.78 is 0. The van der Waals surface area contributed by atoms with E-state index in [2.05, 4.69) is 45.9 Å². The van der Waals surface area contributed by atoms with Crippen molar-refractivity contribution in [3.63, 3.8) is 0 Å². The van der Waals surface area contributed by atoms with E-state index in [1.807, 2.05) is 13.0 Å². The van der Waals surface area contributed by atoms with Gasteiger partial charge in [-0.3, -0.25) is 4.90 Å². The van der Waals surface area contributed by atoms with Gasteiger partial charge in [0.05, 0.1) is 6.54 Å². The molecule has 0 radical (unpaired) electrons. The molecule has 0 aromatic carbocycles. The minimum atomic E-state index is 0.672. The summed E-state index contributed by atoms with van der Waals surface area (Å²) in [6.07, 6.45) is 0. The molecular weight excluding hydrogens is 246 g/mol. The van der Waals surface area contributed by atoms with Gasteiger partial charge in [0.15, 0.2) is 0 Å². The van der Waals surface area contributed by atoms with E-state index in [0.29, 0.717) is 16.3 Å². The summed E-state index contributed by atoms with van der Waals surface area (Å²) in [4.78, 5) is 11.3. The number of hydrazine groups is 1. The molecule has 1 aromatic heterocycles. The smallest absolute Gasteiger partial charge is 0.145 e. The first-order valence-corrected chi connectivity index (χ1v) is 7.20. The summed E-state index contributed by atoms with van der Waals surface area (Å²) in [6.45, 7) is 9.50. The first kappa shape index (κ1) is 13.6. The molecule has 0 saturated carbocycles. The largest absolute Gasteiger partial charge is 0.308 e. The second kappa shape index (κ2) is 5.86. The lowest BCUT2D eigenvalue weighted by atomic mass is 10.3. The zero-order chi connectivity index (χ0) is 13.1. The van der Waals surface area contributed by atoms with Gasteiger partial charge in [-0.2, -0.15) is 11.8 Å². The lowest BCUT2D eigenvalue weighted by Gasteiger charge is -2.34. The molecule has 0 aliphatic carbocycles. The van der Waals surface area contributed by atoms with Gasteiger partial charge in [0, 0.05) is 35.3 Å². The van der Waals surface area contributed by atoms with Crippen molar-refractivity contribution in [1.29, 1.82) is 0 Å². The van der Waals surface area contributed by atoms with E-state index in [9.17, 15) is 0 Å². The third kappa shape index (κ3) is 3.57. The first-order chi connectivity index (χ1) is 8.56. The average Bonchev–Trinajstić information content (AvgIpc) is 2.26. The summed E-state index contributed by atoms with van der Waals surface area (Å²) >= 11 is 2.05. The molecule has 6 heteroatoms. The average molecular weight is 267 g/mol. The van der Waals surface area contributed by atoms with Gasteiger partial charge >= 0.3 is 0 Å². The number of hydrogen-bond acceptors (Lipinski definition) is 6. The molecule has 5 nitrogen and oxygen atoms in total. The third-order valence-corrected chi connectivity index (χ3v) is 4.14. The highest BCUT2D eigenvalue weighted by atomic mass is 32.2. The van der Waals surface area contributed by atoms with Gasteiger partial charge in [-0.15, -0.1) is 0 Å². The number of hydrogen-bond donors (Lipinski definition) is 2. The van der Waals surface area contributed by atoms with Crippen molar-refractivity contribution in [3.05, 3.63) is 17.6 Å². The van der Waals surface area contributed by atoms with Crippen LogP contribution in [0.3, 0.4) is 0 Å². The quantitative estimate of drug-likeness (QED) is 0.637.